The van der Waals surface area contributed by atoms with Crippen LogP contribution in [-0.2, 0) is 4.79 Å². The molecule has 1 aromatic carbocycles. The third-order valence-corrected chi connectivity index (χ3v) is 5.41. The van der Waals surface area contributed by atoms with Gasteiger partial charge in [0, 0.05) is 11.1 Å². The fourth-order valence-electron chi connectivity index (χ4n) is 2.00. The minimum atomic E-state index is -0.527. The molecule has 21 heavy (non-hydrogen) atoms. The third kappa shape index (κ3) is 2.77. The molecule has 0 fully saturated rings. The first kappa shape index (κ1) is 14.7. The second-order valence-corrected chi connectivity index (χ2v) is 8.28. The van der Waals surface area contributed by atoms with Crippen LogP contribution in [0.4, 0.5) is 5.69 Å². The van der Waals surface area contributed by atoms with Crippen molar-refractivity contribution >= 4 is 60.6 Å². The summed E-state index contributed by atoms with van der Waals surface area (Å²) in [5, 5.41) is 2.74. The van der Waals surface area contributed by atoms with Crippen molar-refractivity contribution < 1.29 is 14.3 Å². The Balaban J connectivity index is 1.97. The van der Waals surface area contributed by atoms with Gasteiger partial charge in [0.15, 0.2) is 11.9 Å². The van der Waals surface area contributed by atoms with E-state index in [1.165, 1.54) is 11.3 Å². The second-order valence-electron chi connectivity index (χ2n) is 4.53. The number of hydrogen-bond acceptors (Lipinski definition) is 4. The van der Waals surface area contributed by atoms with E-state index in [9.17, 15) is 9.59 Å². The molecule has 2 aromatic rings. The highest BCUT2D eigenvalue weighted by molar-refractivity contribution is 9.12. The average Bonchev–Trinajstić information content (AvgIpc) is 2.78. The van der Waals surface area contributed by atoms with Gasteiger partial charge in [-0.3, -0.25) is 9.59 Å². The van der Waals surface area contributed by atoms with Gasteiger partial charge in [-0.05, 0) is 63.0 Å². The number of hydrogen-bond donors (Lipinski definition) is 1. The van der Waals surface area contributed by atoms with Crippen LogP contribution in [0, 0.1) is 0 Å². The summed E-state index contributed by atoms with van der Waals surface area (Å²) >= 11 is 8.18. The van der Waals surface area contributed by atoms with Gasteiger partial charge in [-0.1, -0.05) is 0 Å². The Kier molecular flexibility index (Phi) is 3.90. The van der Waals surface area contributed by atoms with E-state index in [-0.39, 0.29) is 11.7 Å². The van der Waals surface area contributed by atoms with E-state index < -0.39 is 6.10 Å². The Morgan fingerprint density at radius 1 is 1.33 bits per heavy atom. The first-order valence-corrected chi connectivity index (χ1v) is 8.47. The summed E-state index contributed by atoms with van der Waals surface area (Å²) in [4.78, 5) is 24.1. The van der Waals surface area contributed by atoms with Crippen LogP contribution in [0.1, 0.15) is 22.8 Å². The summed E-state index contributed by atoms with van der Waals surface area (Å²) < 4.78 is 7.12. The molecule has 2 heterocycles. The molecule has 1 aliphatic rings. The Hall–Kier alpha value is -1.18. The van der Waals surface area contributed by atoms with Gasteiger partial charge in [0.05, 0.1) is 13.3 Å². The first-order valence-electron chi connectivity index (χ1n) is 6.07. The number of amides is 1. The van der Waals surface area contributed by atoms with Crippen LogP contribution in [-0.4, -0.2) is 17.8 Å². The van der Waals surface area contributed by atoms with Crippen LogP contribution in [0.15, 0.2) is 31.8 Å². The summed E-state index contributed by atoms with van der Waals surface area (Å²) in [6, 6.07) is 6.81. The number of ether oxygens (including phenoxy) is 1. The summed E-state index contributed by atoms with van der Waals surface area (Å²) in [7, 11) is 0. The van der Waals surface area contributed by atoms with E-state index in [0.29, 0.717) is 22.6 Å². The highest BCUT2D eigenvalue weighted by Crippen LogP contribution is 2.35. The Bertz CT molecular complexity index is 757. The molecule has 3 rings (SSSR count). The maximum absolute atomic E-state index is 12.5. The normalized spacial score (nSPS) is 16.9. The molecule has 0 bridgehead atoms. The van der Waals surface area contributed by atoms with Crippen LogP contribution >= 0.6 is 43.2 Å². The molecule has 1 aromatic heterocycles. The molecule has 0 radical (unpaired) electrons. The van der Waals surface area contributed by atoms with Crippen LogP contribution < -0.4 is 10.1 Å². The summed E-state index contributed by atoms with van der Waals surface area (Å²) in [6.45, 7) is 1.68. The van der Waals surface area contributed by atoms with Crippen molar-refractivity contribution in [2.75, 3.05) is 5.32 Å². The van der Waals surface area contributed by atoms with E-state index in [1.807, 2.05) is 0 Å². The lowest BCUT2D eigenvalue weighted by Crippen LogP contribution is -2.34. The molecule has 1 N–H and O–H groups in total. The Morgan fingerprint density at radius 2 is 2.10 bits per heavy atom. The molecule has 0 spiro atoms. The molecule has 1 atom stereocenters. The van der Waals surface area contributed by atoms with E-state index >= 15 is 0 Å². The number of anilines is 1. The highest BCUT2D eigenvalue weighted by atomic mass is 79.9. The topological polar surface area (TPSA) is 55.4 Å². The number of ketones is 1. The molecule has 1 amide bonds. The molecule has 7 heteroatoms. The predicted octanol–water partition coefficient (Wildman–Crippen LogP) is 4.22. The molecule has 4 nitrogen and oxygen atoms in total. The monoisotopic (exact) mass is 429 g/mol. The van der Waals surface area contributed by atoms with Crippen LogP contribution in [0.25, 0.3) is 0 Å². The van der Waals surface area contributed by atoms with Crippen molar-refractivity contribution in [3.63, 3.8) is 0 Å². The minimum absolute atomic E-state index is 0.112. The summed E-state index contributed by atoms with van der Waals surface area (Å²) in [5.41, 5.74) is 1.61. The van der Waals surface area contributed by atoms with E-state index in [0.717, 1.165) is 7.57 Å². The second kappa shape index (κ2) is 5.55. The SMILES string of the molecule is CC1Oc2ccc(C(=O)c3cc(Br)sc3Br)cc2NC1=O. The largest absolute Gasteiger partial charge is 0.479 e. The van der Waals surface area contributed by atoms with Crippen molar-refractivity contribution in [3.8, 4) is 5.75 Å². The molecule has 1 aliphatic heterocycles. The van der Waals surface area contributed by atoms with Gasteiger partial charge in [0.1, 0.15) is 5.75 Å². The minimum Gasteiger partial charge on any atom is -0.479 e. The van der Waals surface area contributed by atoms with Gasteiger partial charge in [0.25, 0.3) is 5.91 Å². The third-order valence-electron chi connectivity index (χ3n) is 3.07. The quantitative estimate of drug-likeness (QED) is 0.725. The van der Waals surface area contributed by atoms with Gasteiger partial charge in [-0.15, -0.1) is 11.3 Å². The summed E-state index contributed by atoms with van der Waals surface area (Å²) in [6.07, 6.45) is -0.527. The number of carbonyl (C=O) groups excluding carboxylic acids is 2. The summed E-state index contributed by atoms with van der Waals surface area (Å²) in [5.74, 6) is 0.246. The van der Waals surface area contributed by atoms with Gasteiger partial charge < -0.3 is 10.1 Å². The molecular weight excluding hydrogens is 422 g/mol. The van der Waals surface area contributed by atoms with E-state index in [2.05, 4.69) is 37.2 Å². The maximum atomic E-state index is 12.5. The molecule has 108 valence electrons. The van der Waals surface area contributed by atoms with Gasteiger partial charge in [-0.2, -0.15) is 0 Å². The number of carbonyl (C=O) groups is 2. The Morgan fingerprint density at radius 3 is 2.76 bits per heavy atom. The van der Waals surface area contributed by atoms with Crippen molar-refractivity contribution in [2.45, 2.75) is 13.0 Å². The Labute approximate surface area is 141 Å². The van der Waals surface area contributed by atoms with Crippen molar-refractivity contribution in [1.82, 2.24) is 0 Å². The number of fused-ring (bicyclic) bond motifs is 1. The molecule has 0 saturated carbocycles. The lowest BCUT2D eigenvalue weighted by Gasteiger charge is -2.23. The fraction of sp³-hybridized carbons (Fsp3) is 0.143. The zero-order valence-corrected chi connectivity index (χ0v) is 14.8. The number of rotatable bonds is 2. The fourth-order valence-corrected chi connectivity index (χ4v) is 4.79. The van der Waals surface area contributed by atoms with Crippen LogP contribution in [0.2, 0.25) is 0 Å². The van der Waals surface area contributed by atoms with Gasteiger partial charge in [-0.25, -0.2) is 0 Å². The molecule has 1 unspecified atom stereocenters. The van der Waals surface area contributed by atoms with Crippen molar-refractivity contribution in [3.05, 3.63) is 43.0 Å². The first-order chi connectivity index (χ1) is 9.95. The van der Waals surface area contributed by atoms with Crippen LogP contribution in [0.5, 0.6) is 5.75 Å². The highest BCUT2D eigenvalue weighted by Gasteiger charge is 2.25. The smallest absolute Gasteiger partial charge is 0.265 e. The number of halogens is 2. The average molecular weight is 431 g/mol. The van der Waals surface area contributed by atoms with Gasteiger partial charge in [0.2, 0.25) is 0 Å². The van der Waals surface area contributed by atoms with Crippen molar-refractivity contribution in [2.24, 2.45) is 0 Å². The van der Waals surface area contributed by atoms with Crippen molar-refractivity contribution in [1.29, 1.82) is 0 Å². The molecular formula is C14H9Br2NO3S. The molecule has 0 saturated heterocycles. The molecule has 0 aliphatic carbocycles. The standard InChI is InChI=1S/C14H9Br2NO3S/c1-6-14(19)17-9-4-7(2-3-10(9)20-6)12(18)8-5-11(15)21-13(8)16/h2-6H,1H3,(H,17,19). The number of nitrogens with one attached hydrogen (secondary N) is 1. The van der Waals surface area contributed by atoms with Gasteiger partial charge >= 0.3 is 0 Å². The zero-order valence-electron chi connectivity index (χ0n) is 10.8. The number of thiophene rings is 1. The van der Waals surface area contributed by atoms with E-state index in [4.69, 9.17) is 4.74 Å². The zero-order chi connectivity index (χ0) is 15.1. The lowest BCUT2D eigenvalue weighted by molar-refractivity contribution is -0.122. The predicted molar refractivity (Wildman–Crippen MR) is 88.3 cm³/mol. The number of benzene rings is 1. The van der Waals surface area contributed by atoms with Crippen LogP contribution in [0.3, 0.4) is 0 Å². The maximum Gasteiger partial charge on any atom is 0.265 e. The van der Waals surface area contributed by atoms with E-state index in [1.54, 1.807) is 31.2 Å². The lowest BCUT2D eigenvalue weighted by atomic mass is 10.0.